The molecule has 1 N–H and O–H groups in total. The quantitative estimate of drug-likeness (QED) is 0.550. The Kier molecular flexibility index (Phi) is 4.86. The zero-order chi connectivity index (χ0) is 21.4. The van der Waals surface area contributed by atoms with Crippen LogP contribution in [0.3, 0.4) is 0 Å². The van der Waals surface area contributed by atoms with Crippen LogP contribution in [0.5, 0.6) is 0 Å². The lowest BCUT2D eigenvalue weighted by Gasteiger charge is -2.16. The number of carbonyl (C=O) groups is 1. The lowest BCUT2D eigenvalue weighted by atomic mass is 10.1. The van der Waals surface area contributed by atoms with Gasteiger partial charge in [-0.2, -0.15) is 5.10 Å². The van der Waals surface area contributed by atoms with Crippen molar-refractivity contribution in [2.75, 3.05) is 0 Å². The largest absolute Gasteiger partial charge is 0.451 e. The fraction of sp³-hybridized carbons (Fsp3) is 0.250. The third-order valence-electron chi connectivity index (χ3n) is 5.85. The third-order valence-corrected chi connectivity index (χ3v) is 5.85. The first-order valence-corrected chi connectivity index (χ1v) is 10.4. The van der Waals surface area contributed by atoms with Gasteiger partial charge < -0.3 is 9.73 Å². The Morgan fingerprint density at radius 1 is 1.00 bits per heavy atom. The molecule has 7 nitrogen and oxygen atoms in total. The maximum Gasteiger partial charge on any atom is 0.287 e. The van der Waals surface area contributed by atoms with Crippen molar-refractivity contribution in [3.05, 3.63) is 86.6 Å². The highest BCUT2D eigenvalue weighted by molar-refractivity contribution is 5.93. The summed E-state index contributed by atoms with van der Waals surface area (Å²) in [5.74, 6) is -0.565. The molecule has 0 spiro atoms. The molecular weight excluding hydrogens is 394 g/mol. The molecule has 1 saturated carbocycles. The van der Waals surface area contributed by atoms with E-state index in [9.17, 15) is 14.4 Å². The number of hydrogen-bond acceptors (Lipinski definition) is 5. The molecule has 0 radical (unpaired) electrons. The molecule has 2 aromatic carbocycles. The first-order chi connectivity index (χ1) is 15.1. The average Bonchev–Trinajstić information content (AvgIpc) is 3.33. The molecular formula is C24H21N3O4. The molecule has 1 aliphatic rings. The Hall–Kier alpha value is -3.74. The van der Waals surface area contributed by atoms with Crippen LogP contribution in [0.2, 0.25) is 0 Å². The molecule has 0 bridgehead atoms. The molecule has 0 saturated heterocycles. The second-order valence-electron chi connectivity index (χ2n) is 7.83. The van der Waals surface area contributed by atoms with Crippen LogP contribution in [0, 0.1) is 0 Å². The van der Waals surface area contributed by atoms with Crippen LogP contribution in [0.1, 0.15) is 48.0 Å². The Morgan fingerprint density at radius 3 is 2.45 bits per heavy atom. The van der Waals surface area contributed by atoms with Crippen LogP contribution in [-0.4, -0.2) is 15.7 Å². The number of nitrogens with one attached hydrogen (secondary N) is 1. The maximum absolute atomic E-state index is 13.0. The maximum atomic E-state index is 13.0. The highest BCUT2D eigenvalue weighted by Crippen LogP contribution is 2.28. The molecule has 1 aliphatic carbocycles. The number of nitrogens with zero attached hydrogens (tertiary/aromatic N) is 2. The van der Waals surface area contributed by atoms with E-state index in [-0.39, 0.29) is 29.3 Å². The van der Waals surface area contributed by atoms with Crippen LogP contribution in [0.25, 0.3) is 21.7 Å². The first kappa shape index (κ1) is 19.2. The van der Waals surface area contributed by atoms with Crippen LogP contribution < -0.4 is 16.3 Å². The number of fused-ring (bicyclic) bond motifs is 2. The molecule has 2 heterocycles. The van der Waals surface area contributed by atoms with Gasteiger partial charge in [-0.15, -0.1) is 0 Å². The number of para-hydroxylation sites is 1. The number of benzene rings is 2. The molecule has 0 unspecified atom stereocenters. The van der Waals surface area contributed by atoms with Gasteiger partial charge in [-0.25, -0.2) is 4.68 Å². The number of aromatic nitrogens is 2. The van der Waals surface area contributed by atoms with Crippen molar-refractivity contribution in [3.63, 3.8) is 0 Å². The molecule has 31 heavy (non-hydrogen) atoms. The van der Waals surface area contributed by atoms with Gasteiger partial charge in [-0.1, -0.05) is 43.2 Å². The Labute approximate surface area is 177 Å². The van der Waals surface area contributed by atoms with E-state index < -0.39 is 5.91 Å². The summed E-state index contributed by atoms with van der Waals surface area (Å²) < 4.78 is 7.19. The summed E-state index contributed by atoms with van der Waals surface area (Å²) in [4.78, 5) is 38.0. The molecule has 7 heteroatoms. The SMILES string of the molecule is O=C(NCc1nn(C2CCCC2)c(=O)c2ccccc12)c1cc(=O)c2ccccc2o1. The summed E-state index contributed by atoms with van der Waals surface area (Å²) in [5, 5.41) is 9.13. The molecule has 1 amide bonds. The fourth-order valence-corrected chi connectivity index (χ4v) is 4.27. The van der Waals surface area contributed by atoms with E-state index in [1.54, 1.807) is 35.0 Å². The molecule has 0 atom stereocenters. The van der Waals surface area contributed by atoms with E-state index in [0.29, 0.717) is 27.4 Å². The predicted octanol–water partition coefficient (Wildman–Crippen LogP) is 3.55. The van der Waals surface area contributed by atoms with E-state index in [1.165, 1.54) is 6.07 Å². The second kappa shape index (κ2) is 7.83. The van der Waals surface area contributed by atoms with Gasteiger partial charge >= 0.3 is 0 Å². The van der Waals surface area contributed by atoms with E-state index in [1.807, 2.05) is 18.2 Å². The smallest absolute Gasteiger partial charge is 0.287 e. The standard InChI is InChI=1S/C24H21N3O4/c28-20-13-22(31-21-12-6-5-11-18(20)21)23(29)25-14-19-16-9-3-4-10-17(16)24(30)27(26-19)15-7-1-2-8-15/h3-6,9-13,15H,1-2,7-8,14H2,(H,25,29). The number of hydrogen-bond donors (Lipinski definition) is 1. The van der Waals surface area contributed by atoms with E-state index in [0.717, 1.165) is 25.7 Å². The number of carbonyl (C=O) groups excluding carboxylic acids is 1. The van der Waals surface area contributed by atoms with Crippen molar-refractivity contribution in [1.29, 1.82) is 0 Å². The number of amides is 1. The predicted molar refractivity (Wildman–Crippen MR) is 117 cm³/mol. The van der Waals surface area contributed by atoms with Gasteiger partial charge in [-0.05, 0) is 31.0 Å². The summed E-state index contributed by atoms with van der Waals surface area (Å²) in [6, 6.07) is 15.4. The number of rotatable bonds is 4. The summed E-state index contributed by atoms with van der Waals surface area (Å²) in [6.45, 7) is 0.114. The van der Waals surface area contributed by atoms with Crippen molar-refractivity contribution in [2.24, 2.45) is 0 Å². The molecule has 156 valence electrons. The average molecular weight is 415 g/mol. The summed E-state index contributed by atoms with van der Waals surface area (Å²) in [6.07, 6.45) is 4.02. The molecule has 0 aliphatic heterocycles. The normalized spacial score (nSPS) is 14.3. The second-order valence-corrected chi connectivity index (χ2v) is 7.83. The van der Waals surface area contributed by atoms with Gasteiger partial charge in [0.1, 0.15) is 5.58 Å². The van der Waals surface area contributed by atoms with Gasteiger partial charge in [0.05, 0.1) is 29.1 Å². The minimum absolute atomic E-state index is 0.0582. The van der Waals surface area contributed by atoms with Gasteiger partial charge in [-0.3, -0.25) is 14.4 Å². The van der Waals surface area contributed by atoms with Crippen LogP contribution >= 0.6 is 0 Å². The third kappa shape index (κ3) is 3.52. The lowest BCUT2D eigenvalue weighted by molar-refractivity contribution is 0.0923. The van der Waals surface area contributed by atoms with Gasteiger partial charge in [0.2, 0.25) is 0 Å². The summed E-state index contributed by atoms with van der Waals surface area (Å²) >= 11 is 0. The Morgan fingerprint density at radius 2 is 1.68 bits per heavy atom. The topological polar surface area (TPSA) is 94.2 Å². The fourth-order valence-electron chi connectivity index (χ4n) is 4.27. The molecule has 4 aromatic rings. The van der Waals surface area contributed by atoms with Crippen LogP contribution in [0.4, 0.5) is 0 Å². The zero-order valence-corrected chi connectivity index (χ0v) is 16.8. The minimum atomic E-state index is -0.507. The van der Waals surface area contributed by atoms with Crippen molar-refractivity contribution in [1.82, 2.24) is 15.1 Å². The molecule has 1 fully saturated rings. The highest BCUT2D eigenvalue weighted by Gasteiger charge is 2.22. The van der Waals surface area contributed by atoms with Crippen molar-refractivity contribution in [3.8, 4) is 0 Å². The first-order valence-electron chi connectivity index (χ1n) is 10.4. The summed E-state index contributed by atoms with van der Waals surface area (Å²) in [7, 11) is 0. The summed E-state index contributed by atoms with van der Waals surface area (Å²) in [5.41, 5.74) is 0.598. The van der Waals surface area contributed by atoms with Gasteiger partial charge in [0.15, 0.2) is 11.2 Å². The van der Waals surface area contributed by atoms with Gasteiger partial charge in [0, 0.05) is 11.5 Å². The van der Waals surface area contributed by atoms with E-state index in [4.69, 9.17) is 4.42 Å². The minimum Gasteiger partial charge on any atom is -0.451 e. The Balaban J connectivity index is 1.48. The zero-order valence-electron chi connectivity index (χ0n) is 16.8. The van der Waals surface area contributed by atoms with Crippen LogP contribution in [0.15, 0.2) is 68.6 Å². The van der Waals surface area contributed by atoms with Gasteiger partial charge in [0.25, 0.3) is 11.5 Å². The highest BCUT2D eigenvalue weighted by atomic mass is 16.3. The van der Waals surface area contributed by atoms with Crippen LogP contribution in [-0.2, 0) is 6.54 Å². The van der Waals surface area contributed by atoms with E-state index >= 15 is 0 Å². The lowest BCUT2D eigenvalue weighted by Crippen LogP contribution is -2.30. The monoisotopic (exact) mass is 415 g/mol. The van der Waals surface area contributed by atoms with Crippen molar-refractivity contribution >= 4 is 27.6 Å². The molecule has 2 aromatic heterocycles. The Bertz CT molecular complexity index is 1410. The van der Waals surface area contributed by atoms with Crippen molar-refractivity contribution in [2.45, 2.75) is 38.3 Å². The molecule has 5 rings (SSSR count). The van der Waals surface area contributed by atoms with Crippen molar-refractivity contribution < 1.29 is 9.21 Å². The van der Waals surface area contributed by atoms with E-state index in [2.05, 4.69) is 10.4 Å².